The fraction of sp³-hybridized carbons (Fsp3) is 0.818. The number of rotatable bonds is 3. The highest BCUT2D eigenvalue weighted by atomic mass is 16.2. The molecule has 1 saturated carbocycles. The van der Waals surface area contributed by atoms with E-state index in [9.17, 15) is 9.59 Å². The number of piperidine rings is 1. The molecule has 0 aromatic carbocycles. The van der Waals surface area contributed by atoms with Crippen LogP contribution in [0, 0.1) is 11.8 Å². The highest BCUT2D eigenvalue weighted by Crippen LogP contribution is 2.32. The van der Waals surface area contributed by atoms with Crippen LogP contribution in [0.5, 0.6) is 0 Å². The third-order valence-corrected chi connectivity index (χ3v) is 3.34. The first kappa shape index (κ1) is 10.5. The van der Waals surface area contributed by atoms with Gasteiger partial charge in [0.15, 0.2) is 0 Å². The summed E-state index contributed by atoms with van der Waals surface area (Å²) in [7, 11) is 0. The molecule has 2 rings (SSSR count). The van der Waals surface area contributed by atoms with Gasteiger partial charge in [0, 0.05) is 25.4 Å². The zero-order chi connectivity index (χ0) is 10.8. The van der Waals surface area contributed by atoms with E-state index in [1.165, 1.54) is 0 Å². The molecule has 84 valence electrons. The van der Waals surface area contributed by atoms with Crippen molar-refractivity contribution >= 4 is 11.8 Å². The van der Waals surface area contributed by atoms with Gasteiger partial charge in [-0.15, -0.1) is 0 Å². The summed E-state index contributed by atoms with van der Waals surface area (Å²) in [6.45, 7) is 1.63. The van der Waals surface area contributed by atoms with Crippen molar-refractivity contribution in [2.24, 2.45) is 17.6 Å². The van der Waals surface area contributed by atoms with Gasteiger partial charge in [0.2, 0.25) is 11.8 Å². The minimum absolute atomic E-state index is 0.220. The Bertz CT molecular complexity index is 266. The van der Waals surface area contributed by atoms with Gasteiger partial charge in [0.1, 0.15) is 0 Å². The second-order valence-electron chi connectivity index (χ2n) is 4.71. The Morgan fingerprint density at radius 2 is 1.73 bits per heavy atom. The second-order valence-corrected chi connectivity index (χ2v) is 4.71. The van der Waals surface area contributed by atoms with Gasteiger partial charge in [0.05, 0.1) is 0 Å². The zero-order valence-corrected chi connectivity index (χ0v) is 8.95. The number of nitrogens with zero attached hydrogens (tertiary/aromatic N) is 1. The summed E-state index contributed by atoms with van der Waals surface area (Å²) in [5.41, 5.74) is 5.16. The third kappa shape index (κ3) is 2.70. The average Bonchev–Trinajstić information content (AvgIpc) is 3.00. The van der Waals surface area contributed by atoms with Crippen LogP contribution in [0.4, 0.5) is 0 Å². The predicted molar refractivity (Wildman–Crippen MR) is 55.8 cm³/mol. The zero-order valence-electron chi connectivity index (χ0n) is 8.95. The Balaban J connectivity index is 1.76. The van der Waals surface area contributed by atoms with Crippen molar-refractivity contribution in [2.45, 2.75) is 32.1 Å². The lowest BCUT2D eigenvalue weighted by atomic mass is 9.93. The molecular weight excluding hydrogens is 192 g/mol. The first-order valence-corrected chi connectivity index (χ1v) is 5.74. The molecule has 2 amide bonds. The number of nitrogens with two attached hydrogens (primary N) is 1. The minimum Gasteiger partial charge on any atom is -0.370 e. The molecule has 1 saturated heterocycles. The fourth-order valence-corrected chi connectivity index (χ4v) is 2.23. The number of carbonyl (C=O) groups excluding carboxylic acids is 2. The molecule has 2 aliphatic rings. The smallest absolute Gasteiger partial charge is 0.225 e. The SMILES string of the molecule is NC(=O)CC1CCN(C(=O)C2CC2)CC1. The molecule has 0 atom stereocenters. The molecule has 4 nitrogen and oxygen atoms in total. The quantitative estimate of drug-likeness (QED) is 0.737. The van der Waals surface area contributed by atoms with Crippen molar-refractivity contribution in [1.82, 2.24) is 4.90 Å². The standard InChI is InChI=1S/C11H18N2O2/c12-10(14)7-8-3-5-13(6-4-8)11(15)9-1-2-9/h8-9H,1-7H2,(H2,12,14). The van der Waals surface area contributed by atoms with E-state index >= 15 is 0 Å². The van der Waals surface area contributed by atoms with Crippen LogP contribution in [-0.4, -0.2) is 29.8 Å². The Hall–Kier alpha value is -1.06. The lowest BCUT2D eigenvalue weighted by Crippen LogP contribution is -2.40. The van der Waals surface area contributed by atoms with Crippen molar-refractivity contribution in [3.63, 3.8) is 0 Å². The van der Waals surface area contributed by atoms with E-state index in [1.807, 2.05) is 4.90 Å². The molecule has 0 aromatic rings. The third-order valence-electron chi connectivity index (χ3n) is 3.34. The molecule has 0 unspecified atom stereocenters. The van der Waals surface area contributed by atoms with Crippen LogP contribution >= 0.6 is 0 Å². The van der Waals surface area contributed by atoms with E-state index in [4.69, 9.17) is 5.73 Å². The van der Waals surface area contributed by atoms with E-state index in [2.05, 4.69) is 0 Å². The van der Waals surface area contributed by atoms with Gasteiger partial charge in [0.25, 0.3) is 0 Å². The van der Waals surface area contributed by atoms with Gasteiger partial charge in [-0.25, -0.2) is 0 Å². The number of likely N-dealkylation sites (tertiary alicyclic amines) is 1. The van der Waals surface area contributed by atoms with Crippen molar-refractivity contribution in [2.75, 3.05) is 13.1 Å². The van der Waals surface area contributed by atoms with Crippen molar-refractivity contribution in [3.8, 4) is 0 Å². The summed E-state index contributed by atoms with van der Waals surface area (Å²) >= 11 is 0. The Morgan fingerprint density at radius 1 is 1.13 bits per heavy atom. The molecular formula is C11H18N2O2. The number of hydrogen-bond donors (Lipinski definition) is 1. The van der Waals surface area contributed by atoms with Crippen LogP contribution in [0.3, 0.4) is 0 Å². The highest BCUT2D eigenvalue weighted by molar-refractivity contribution is 5.81. The van der Waals surface area contributed by atoms with Crippen LogP contribution < -0.4 is 5.73 Å². The maximum atomic E-state index is 11.7. The summed E-state index contributed by atoms with van der Waals surface area (Å²) in [4.78, 5) is 24.4. The molecule has 1 heterocycles. The molecule has 1 aliphatic heterocycles. The normalized spacial score (nSPS) is 22.8. The van der Waals surface area contributed by atoms with E-state index in [-0.39, 0.29) is 5.91 Å². The number of carbonyl (C=O) groups is 2. The number of hydrogen-bond acceptors (Lipinski definition) is 2. The molecule has 15 heavy (non-hydrogen) atoms. The monoisotopic (exact) mass is 210 g/mol. The lowest BCUT2D eigenvalue weighted by Gasteiger charge is -2.31. The van der Waals surface area contributed by atoms with Crippen LogP contribution in [0.25, 0.3) is 0 Å². The average molecular weight is 210 g/mol. The second kappa shape index (κ2) is 4.21. The van der Waals surface area contributed by atoms with E-state index in [1.54, 1.807) is 0 Å². The van der Waals surface area contributed by atoms with Crippen molar-refractivity contribution in [3.05, 3.63) is 0 Å². The molecule has 0 spiro atoms. The first-order valence-electron chi connectivity index (χ1n) is 5.74. The molecule has 0 aromatic heterocycles. The van der Waals surface area contributed by atoms with Gasteiger partial charge in [-0.3, -0.25) is 9.59 Å². The summed E-state index contributed by atoms with van der Waals surface area (Å²) in [6.07, 6.45) is 4.48. The Labute approximate surface area is 89.8 Å². The van der Waals surface area contributed by atoms with Gasteiger partial charge in [-0.2, -0.15) is 0 Å². The molecule has 0 bridgehead atoms. The first-order chi connectivity index (χ1) is 7.16. The van der Waals surface area contributed by atoms with Crippen LogP contribution in [0.15, 0.2) is 0 Å². The fourth-order valence-electron chi connectivity index (χ4n) is 2.23. The highest BCUT2D eigenvalue weighted by Gasteiger charge is 2.34. The van der Waals surface area contributed by atoms with Gasteiger partial charge < -0.3 is 10.6 Å². The summed E-state index contributed by atoms with van der Waals surface area (Å²) in [5.74, 6) is 0.818. The molecule has 2 N–H and O–H groups in total. The minimum atomic E-state index is -0.220. The summed E-state index contributed by atoms with van der Waals surface area (Å²) < 4.78 is 0. The number of amides is 2. The summed E-state index contributed by atoms with van der Waals surface area (Å²) in [6, 6.07) is 0. The van der Waals surface area contributed by atoms with Crippen LogP contribution in [0.1, 0.15) is 32.1 Å². The molecule has 4 heteroatoms. The van der Waals surface area contributed by atoms with Gasteiger partial charge >= 0.3 is 0 Å². The Kier molecular flexibility index (Phi) is 2.93. The maximum absolute atomic E-state index is 11.7. The molecule has 1 aliphatic carbocycles. The topological polar surface area (TPSA) is 63.4 Å². The van der Waals surface area contributed by atoms with Crippen molar-refractivity contribution < 1.29 is 9.59 Å². The van der Waals surface area contributed by atoms with Crippen LogP contribution in [0.2, 0.25) is 0 Å². The lowest BCUT2D eigenvalue weighted by molar-refractivity contribution is -0.134. The van der Waals surface area contributed by atoms with Gasteiger partial charge in [-0.05, 0) is 31.6 Å². The van der Waals surface area contributed by atoms with E-state index in [0.717, 1.165) is 38.8 Å². The van der Waals surface area contributed by atoms with E-state index < -0.39 is 0 Å². The largest absolute Gasteiger partial charge is 0.370 e. The van der Waals surface area contributed by atoms with Crippen molar-refractivity contribution in [1.29, 1.82) is 0 Å². The maximum Gasteiger partial charge on any atom is 0.225 e. The van der Waals surface area contributed by atoms with E-state index in [0.29, 0.717) is 24.2 Å². The molecule has 2 fully saturated rings. The predicted octanol–water partition coefficient (Wildman–Crippen LogP) is 0.510. The van der Waals surface area contributed by atoms with Crippen LogP contribution in [-0.2, 0) is 9.59 Å². The summed E-state index contributed by atoms with van der Waals surface area (Å²) in [5, 5.41) is 0. The number of primary amides is 1. The molecule has 0 radical (unpaired) electrons. The van der Waals surface area contributed by atoms with Gasteiger partial charge in [-0.1, -0.05) is 0 Å². The Morgan fingerprint density at radius 3 is 2.20 bits per heavy atom.